The van der Waals surface area contributed by atoms with Gasteiger partial charge in [-0.05, 0) is 12.8 Å². The summed E-state index contributed by atoms with van der Waals surface area (Å²) in [7, 11) is 6.88. The van der Waals surface area contributed by atoms with Crippen molar-refractivity contribution < 1.29 is 43.6 Å². The van der Waals surface area contributed by atoms with Crippen molar-refractivity contribution in [3.63, 3.8) is 0 Å². The Morgan fingerprint density at radius 3 is 1.12 bits per heavy atom. The monoisotopic (exact) mass is 481 g/mol. The average molecular weight is 482 g/mol. The molecule has 1 radical (unpaired) electrons. The summed E-state index contributed by atoms with van der Waals surface area (Å²) in [6, 6.07) is 0. The van der Waals surface area contributed by atoms with Gasteiger partial charge in [-0.2, -0.15) is 0 Å². The SMILES string of the molecule is CCCCCCCCCCCCCCCC[N+](C)(C)C.O=[N+]([O-])[O-].[Br-].[Fe+]. The second-order valence-corrected chi connectivity index (χ2v) is 7.83. The van der Waals surface area contributed by atoms with Gasteiger partial charge in [0.2, 0.25) is 0 Å². The van der Waals surface area contributed by atoms with E-state index in [2.05, 4.69) is 28.1 Å². The van der Waals surface area contributed by atoms with Crippen LogP contribution in [0.5, 0.6) is 0 Å². The van der Waals surface area contributed by atoms with Crippen LogP contribution >= 0.6 is 0 Å². The van der Waals surface area contributed by atoms with E-state index in [9.17, 15) is 0 Å². The van der Waals surface area contributed by atoms with E-state index in [0.717, 1.165) is 4.48 Å². The first-order valence-electron chi connectivity index (χ1n) is 9.91. The Morgan fingerprint density at radius 2 is 0.885 bits per heavy atom. The van der Waals surface area contributed by atoms with Crippen LogP contribution in [0.15, 0.2) is 0 Å². The van der Waals surface area contributed by atoms with Crippen LogP contribution < -0.4 is 17.0 Å². The van der Waals surface area contributed by atoms with Crippen molar-refractivity contribution >= 4 is 0 Å². The van der Waals surface area contributed by atoms with Gasteiger partial charge < -0.3 is 36.8 Å². The fourth-order valence-corrected chi connectivity index (χ4v) is 2.78. The van der Waals surface area contributed by atoms with Crippen LogP contribution in [-0.2, 0) is 17.1 Å². The van der Waals surface area contributed by atoms with Crippen molar-refractivity contribution in [2.75, 3.05) is 27.7 Å². The van der Waals surface area contributed by atoms with Gasteiger partial charge in [-0.1, -0.05) is 84.0 Å². The zero-order valence-corrected chi connectivity index (χ0v) is 20.1. The van der Waals surface area contributed by atoms with Gasteiger partial charge in [0.1, 0.15) is 0 Å². The predicted octanol–water partition coefficient (Wildman–Crippen LogP) is 2.94. The number of unbranched alkanes of at least 4 members (excludes halogenated alkanes) is 13. The van der Waals surface area contributed by atoms with Crippen molar-refractivity contribution in [1.29, 1.82) is 0 Å². The Balaban J connectivity index is -0.000000363. The molecule has 0 saturated heterocycles. The maximum absolute atomic E-state index is 8.25. The molecular formula is C19H42BrFeN2O3. The molecule has 0 unspecified atom stereocenters. The van der Waals surface area contributed by atoms with Gasteiger partial charge in [-0.25, -0.2) is 0 Å². The minimum atomic E-state index is -1.75. The normalized spacial score (nSPS) is 10.2. The van der Waals surface area contributed by atoms with Gasteiger partial charge in [0.05, 0.1) is 32.8 Å². The second kappa shape index (κ2) is 25.2. The number of quaternary nitrogens is 1. The van der Waals surface area contributed by atoms with Crippen LogP contribution in [0.2, 0.25) is 0 Å². The van der Waals surface area contributed by atoms with Gasteiger partial charge in [0.25, 0.3) is 0 Å². The Hall–Kier alpha value is 0.159. The molecule has 161 valence electrons. The van der Waals surface area contributed by atoms with Crippen molar-refractivity contribution in [3.05, 3.63) is 15.3 Å². The van der Waals surface area contributed by atoms with E-state index in [0.29, 0.717) is 0 Å². The minimum Gasteiger partial charge on any atom is -1.00 e. The number of rotatable bonds is 15. The summed E-state index contributed by atoms with van der Waals surface area (Å²) in [5.41, 5.74) is 0. The number of nitrogens with zero attached hydrogens (tertiary/aromatic N) is 2. The summed E-state index contributed by atoms with van der Waals surface area (Å²) in [6.07, 6.45) is 20.4. The Kier molecular flexibility index (Phi) is 32.6. The van der Waals surface area contributed by atoms with E-state index < -0.39 is 5.09 Å². The Morgan fingerprint density at radius 1 is 0.654 bits per heavy atom. The topological polar surface area (TPSA) is 66.2 Å². The molecule has 5 nitrogen and oxygen atoms in total. The number of hydrogen-bond acceptors (Lipinski definition) is 3. The number of hydrogen-bond donors (Lipinski definition) is 0. The quantitative estimate of drug-likeness (QED) is 0.119. The zero-order chi connectivity index (χ0) is 18.7. The molecule has 0 amide bonds. The van der Waals surface area contributed by atoms with Crippen LogP contribution in [-0.4, -0.2) is 37.3 Å². The molecular weight excluding hydrogens is 440 g/mol. The van der Waals surface area contributed by atoms with E-state index in [4.69, 9.17) is 15.3 Å². The Labute approximate surface area is 183 Å². The standard InChI is InChI=1S/C19H42N.BrH.Fe.NO3/c1-5-6-7-8-9-10-11-12-13-14-15-16-17-18-19-20(2,3)4;;;2-1(3)4/h5-19H2,1-4H3;1H;;/q+1;;+1;-1/p-1. The molecule has 0 aliphatic heterocycles. The van der Waals surface area contributed by atoms with E-state index in [1.165, 1.54) is 96.4 Å². The molecule has 0 aliphatic carbocycles. The van der Waals surface area contributed by atoms with E-state index >= 15 is 0 Å². The maximum atomic E-state index is 8.25. The van der Waals surface area contributed by atoms with E-state index in [1.807, 2.05) is 0 Å². The summed E-state index contributed by atoms with van der Waals surface area (Å²) in [4.78, 5) is 8.25. The van der Waals surface area contributed by atoms with Crippen molar-refractivity contribution in [3.8, 4) is 0 Å². The van der Waals surface area contributed by atoms with Gasteiger partial charge in [-0.15, -0.1) is 0 Å². The second-order valence-electron chi connectivity index (χ2n) is 7.83. The third kappa shape index (κ3) is 44.0. The molecule has 0 saturated carbocycles. The van der Waals surface area contributed by atoms with Gasteiger partial charge >= 0.3 is 17.1 Å². The van der Waals surface area contributed by atoms with Crippen molar-refractivity contribution in [2.45, 2.75) is 96.8 Å². The third-order valence-electron chi connectivity index (χ3n) is 4.18. The summed E-state index contributed by atoms with van der Waals surface area (Å²) >= 11 is 0. The molecule has 0 aromatic heterocycles. The third-order valence-corrected chi connectivity index (χ3v) is 4.18. The molecule has 0 spiro atoms. The molecule has 0 aliphatic rings. The predicted molar refractivity (Wildman–Crippen MR) is 104 cm³/mol. The maximum Gasteiger partial charge on any atom is 1.00 e. The van der Waals surface area contributed by atoms with Crippen LogP contribution in [0.25, 0.3) is 0 Å². The average Bonchev–Trinajstić information content (AvgIpc) is 2.46. The molecule has 0 bridgehead atoms. The molecule has 0 fully saturated rings. The van der Waals surface area contributed by atoms with Crippen molar-refractivity contribution in [2.24, 2.45) is 0 Å². The molecule has 0 rings (SSSR count). The minimum absolute atomic E-state index is 0. The zero-order valence-electron chi connectivity index (χ0n) is 17.5. The van der Waals surface area contributed by atoms with Crippen LogP contribution in [0.1, 0.15) is 96.8 Å². The fraction of sp³-hybridized carbons (Fsp3) is 1.00. The summed E-state index contributed by atoms with van der Waals surface area (Å²) in [5.74, 6) is 0. The first kappa shape index (κ1) is 33.7. The summed E-state index contributed by atoms with van der Waals surface area (Å²) in [6.45, 7) is 3.63. The van der Waals surface area contributed by atoms with Gasteiger partial charge in [0, 0.05) is 0 Å². The molecule has 0 atom stereocenters. The molecule has 0 heterocycles. The molecule has 0 N–H and O–H groups in total. The van der Waals surface area contributed by atoms with Gasteiger partial charge in [-0.3, -0.25) is 0 Å². The number of halogens is 1. The first-order chi connectivity index (χ1) is 11.3. The fourth-order valence-electron chi connectivity index (χ4n) is 2.78. The largest absolute Gasteiger partial charge is 1.00 e. The van der Waals surface area contributed by atoms with Crippen LogP contribution in [0.4, 0.5) is 0 Å². The molecule has 7 heteroatoms. The van der Waals surface area contributed by atoms with Crippen molar-refractivity contribution in [1.82, 2.24) is 0 Å². The summed E-state index contributed by atoms with van der Waals surface area (Å²) < 4.78 is 1.12. The van der Waals surface area contributed by atoms with E-state index in [1.54, 1.807) is 0 Å². The van der Waals surface area contributed by atoms with E-state index in [-0.39, 0.29) is 34.1 Å². The summed E-state index contributed by atoms with van der Waals surface area (Å²) in [5, 5.41) is 14.8. The molecule has 26 heavy (non-hydrogen) atoms. The smallest absolute Gasteiger partial charge is 1.00 e. The van der Waals surface area contributed by atoms with Crippen LogP contribution in [0.3, 0.4) is 0 Å². The molecule has 0 aromatic carbocycles. The first-order valence-corrected chi connectivity index (χ1v) is 9.91. The van der Waals surface area contributed by atoms with Crippen LogP contribution in [0, 0.1) is 15.3 Å². The van der Waals surface area contributed by atoms with Gasteiger partial charge in [0.15, 0.2) is 0 Å². The molecule has 0 aromatic rings. The Bertz CT molecular complexity index is 274.